The van der Waals surface area contributed by atoms with E-state index in [1.807, 2.05) is 6.07 Å². The summed E-state index contributed by atoms with van der Waals surface area (Å²) in [7, 11) is 0. The number of rotatable bonds is 3. The van der Waals surface area contributed by atoms with E-state index >= 15 is 0 Å². The molecule has 0 amide bonds. The minimum absolute atomic E-state index is 0.362. The van der Waals surface area contributed by atoms with Crippen LogP contribution in [0.5, 0.6) is 0 Å². The Morgan fingerprint density at radius 1 is 1.35 bits per heavy atom. The summed E-state index contributed by atoms with van der Waals surface area (Å²) in [6.45, 7) is 7.23. The van der Waals surface area contributed by atoms with Crippen LogP contribution in [-0.2, 0) is 13.0 Å². The first kappa shape index (κ1) is 11.7. The van der Waals surface area contributed by atoms with Gasteiger partial charge in [-0.25, -0.2) is 4.79 Å². The van der Waals surface area contributed by atoms with Crippen LogP contribution in [0.2, 0.25) is 0 Å². The van der Waals surface area contributed by atoms with E-state index in [2.05, 4.69) is 25.3 Å². The first-order chi connectivity index (χ1) is 8.10. The Kier molecular flexibility index (Phi) is 2.92. The Bertz CT molecular complexity index is 581. The second-order valence-electron chi connectivity index (χ2n) is 4.20. The molecule has 0 fully saturated rings. The van der Waals surface area contributed by atoms with Crippen molar-refractivity contribution >= 4 is 16.9 Å². The molecule has 1 aromatic carbocycles. The van der Waals surface area contributed by atoms with Crippen LogP contribution in [0.4, 0.5) is 0 Å². The molecule has 17 heavy (non-hydrogen) atoms. The second-order valence-corrected chi connectivity index (χ2v) is 4.20. The van der Waals surface area contributed by atoms with Gasteiger partial charge in [-0.1, -0.05) is 6.92 Å². The topological polar surface area (TPSA) is 42.2 Å². The van der Waals surface area contributed by atoms with Gasteiger partial charge < -0.3 is 9.67 Å². The number of aromatic nitrogens is 1. The number of carbonyl (C=O) groups is 1. The molecule has 2 rings (SSSR count). The number of carboxylic acids is 1. The molecule has 3 nitrogen and oxygen atoms in total. The van der Waals surface area contributed by atoms with Crippen molar-refractivity contribution in [1.29, 1.82) is 0 Å². The molecule has 1 N–H and O–H groups in total. The van der Waals surface area contributed by atoms with Gasteiger partial charge in [-0.2, -0.15) is 0 Å². The van der Waals surface area contributed by atoms with E-state index in [1.165, 1.54) is 11.3 Å². The van der Waals surface area contributed by atoms with Gasteiger partial charge in [0.25, 0.3) is 0 Å². The summed E-state index contributed by atoms with van der Waals surface area (Å²) in [6.07, 6.45) is 0.929. The van der Waals surface area contributed by atoms with Crippen molar-refractivity contribution in [3.63, 3.8) is 0 Å². The number of aromatic carboxylic acids is 1. The summed E-state index contributed by atoms with van der Waals surface area (Å²) in [6, 6.07) is 5.37. The zero-order chi connectivity index (χ0) is 12.6. The lowest BCUT2D eigenvalue weighted by atomic mass is 10.1. The zero-order valence-corrected chi connectivity index (χ0v) is 10.4. The molecule has 0 aliphatic rings. The molecule has 0 unspecified atom stereocenters. The smallest absolute Gasteiger partial charge is 0.335 e. The molecule has 0 bridgehead atoms. The number of nitrogens with zero attached hydrogens (tertiary/aromatic N) is 1. The van der Waals surface area contributed by atoms with Crippen LogP contribution in [-0.4, -0.2) is 15.6 Å². The minimum Gasteiger partial charge on any atom is -0.478 e. The van der Waals surface area contributed by atoms with Gasteiger partial charge in [0.1, 0.15) is 0 Å². The maximum absolute atomic E-state index is 11.0. The van der Waals surface area contributed by atoms with Crippen molar-refractivity contribution in [2.45, 2.75) is 33.7 Å². The highest BCUT2D eigenvalue weighted by Crippen LogP contribution is 2.27. The first-order valence-corrected chi connectivity index (χ1v) is 5.95. The molecule has 0 atom stereocenters. The van der Waals surface area contributed by atoms with Gasteiger partial charge in [0.2, 0.25) is 0 Å². The molecular formula is C14H17NO2. The molecule has 0 aliphatic heterocycles. The second kappa shape index (κ2) is 4.24. The highest BCUT2D eigenvalue weighted by Gasteiger charge is 2.13. The van der Waals surface area contributed by atoms with E-state index in [-0.39, 0.29) is 0 Å². The molecule has 1 heterocycles. The van der Waals surface area contributed by atoms with E-state index in [0.717, 1.165) is 23.9 Å². The lowest BCUT2D eigenvalue weighted by Crippen LogP contribution is -1.97. The van der Waals surface area contributed by atoms with Crippen molar-refractivity contribution in [3.8, 4) is 0 Å². The van der Waals surface area contributed by atoms with E-state index in [4.69, 9.17) is 5.11 Å². The lowest BCUT2D eigenvalue weighted by Gasteiger charge is -2.03. The number of benzene rings is 1. The van der Waals surface area contributed by atoms with Crippen LogP contribution in [0.25, 0.3) is 10.9 Å². The van der Waals surface area contributed by atoms with E-state index < -0.39 is 5.97 Å². The van der Waals surface area contributed by atoms with Crippen LogP contribution in [0.15, 0.2) is 18.2 Å². The first-order valence-electron chi connectivity index (χ1n) is 5.95. The highest BCUT2D eigenvalue weighted by molar-refractivity contribution is 5.95. The highest BCUT2D eigenvalue weighted by atomic mass is 16.4. The summed E-state index contributed by atoms with van der Waals surface area (Å²) in [5, 5.41) is 10.1. The van der Waals surface area contributed by atoms with Gasteiger partial charge in [0.05, 0.1) is 5.56 Å². The average molecular weight is 231 g/mol. The maximum atomic E-state index is 11.0. The van der Waals surface area contributed by atoms with Crippen LogP contribution in [0, 0.1) is 6.92 Å². The van der Waals surface area contributed by atoms with Gasteiger partial charge in [-0.3, -0.25) is 0 Å². The average Bonchev–Trinajstić information content (AvgIpc) is 2.58. The summed E-state index contributed by atoms with van der Waals surface area (Å²) < 4.78 is 2.24. The Labute approximate surface area is 101 Å². The lowest BCUT2D eigenvalue weighted by molar-refractivity contribution is 0.0697. The van der Waals surface area contributed by atoms with Gasteiger partial charge >= 0.3 is 5.97 Å². The third-order valence-corrected chi connectivity index (χ3v) is 3.37. The molecule has 0 aliphatic carbocycles. The fraction of sp³-hybridized carbons (Fsp3) is 0.357. The molecule has 0 saturated carbocycles. The fourth-order valence-electron chi connectivity index (χ4n) is 2.54. The minimum atomic E-state index is -0.865. The predicted molar refractivity (Wildman–Crippen MR) is 68.7 cm³/mol. The summed E-state index contributed by atoms with van der Waals surface area (Å²) in [5.41, 5.74) is 3.99. The fourth-order valence-corrected chi connectivity index (χ4v) is 2.54. The Morgan fingerprint density at radius 2 is 2.06 bits per heavy atom. The monoisotopic (exact) mass is 231 g/mol. The number of hydrogen-bond donors (Lipinski definition) is 1. The number of fused-ring (bicyclic) bond motifs is 1. The molecule has 90 valence electrons. The molecule has 0 spiro atoms. The largest absolute Gasteiger partial charge is 0.478 e. The normalized spacial score (nSPS) is 11.0. The van der Waals surface area contributed by atoms with E-state index in [9.17, 15) is 4.79 Å². The Morgan fingerprint density at radius 3 is 2.59 bits per heavy atom. The van der Waals surface area contributed by atoms with Gasteiger partial charge in [-0.15, -0.1) is 0 Å². The number of aryl methyl sites for hydroxylation is 2. The van der Waals surface area contributed by atoms with Crippen LogP contribution in [0.3, 0.4) is 0 Å². The molecule has 3 heteroatoms. The standard InChI is InChI=1S/C14H17NO2/c1-4-11-9(3)15(5-2)13-7-6-10(14(16)17)8-12(11)13/h6-8H,4-5H2,1-3H3,(H,16,17). The third kappa shape index (κ3) is 1.71. The van der Waals surface area contributed by atoms with Crippen molar-refractivity contribution in [1.82, 2.24) is 4.57 Å². The summed E-state index contributed by atoms with van der Waals surface area (Å²) in [5.74, 6) is -0.865. The Hall–Kier alpha value is -1.77. The molecule has 0 saturated heterocycles. The quantitative estimate of drug-likeness (QED) is 0.881. The van der Waals surface area contributed by atoms with Crippen molar-refractivity contribution in [2.75, 3.05) is 0 Å². The summed E-state index contributed by atoms with van der Waals surface area (Å²) >= 11 is 0. The van der Waals surface area contributed by atoms with Crippen LogP contribution < -0.4 is 0 Å². The predicted octanol–water partition coefficient (Wildman–Crippen LogP) is 3.23. The van der Waals surface area contributed by atoms with Crippen LogP contribution >= 0.6 is 0 Å². The SMILES string of the molecule is CCc1c(C)n(CC)c2ccc(C(=O)O)cc12. The molecule has 2 aromatic rings. The van der Waals surface area contributed by atoms with Gasteiger partial charge in [0.15, 0.2) is 0 Å². The zero-order valence-electron chi connectivity index (χ0n) is 10.4. The number of carboxylic acid groups (broad SMARTS) is 1. The maximum Gasteiger partial charge on any atom is 0.335 e. The van der Waals surface area contributed by atoms with Gasteiger partial charge in [-0.05, 0) is 44.0 Å². The van der Waals surface area contributed by atoms with Crippen molar-refractivity contribution in [3.05, 3.63) is 35.0 Å². The van der Waals surface area contributed by atoms with E-state index in [0.29, 0.717) is 5.56 Å². The third-order valence-electron chi connectivity index (χ3n) is 3.37. The van der Waals surface area contributed by atoms with Gasteiger partial charge in [0, 0.05) is 23.1 Å². The van der Waals surface area contributed by atoms with E-state index in [1.54, 1.807) is 12.1 Å². The van der Waals surface area contributed by atoms with Crippen molar-refractivity contribution < 1.29 is 9.90 Å². The molecular weight excluding hydrogens is 214 g/mol. The van der Waals surface area contributed by atoms with Crippen molar-refractivity contribution in [2.24, 2.45) is 0 Å². The number of hydrogen-bond acceptors (Lipinski definition) is 1. The Balaban J connectivity index is 2.80. The molecule has 1 aromatic heterocycles. The molecule has 0 radical (unpaired) electrons. The van der Waals surface area contributed by atoms with Crippen LogP contribution in [0.1, 0.15) is 35.5 Å². The summed E-state index contributed by atoms with van der Waals surface area (Å²) in [4.78, 5) is 11.0.